The van der Waals surface area contributed by atoms with Gasteiger partial charge in [0.1, 0.15) is 6.54 Å². The number of nitrogens with zero attached hydrogens (tertiary/aromatic N) is 1. The highest BCUT2D eigenvalue weighted by Gasteiger charge is 2.17. The zero-order chi connectivity index (χ0) is 12.6. The van der Waals surface area contributed by atoms with E-state index >= 15 is 0 Å². The smallest absolute Gasteiger partial charge is 0.323 e. The number of nitrogens with one attached hydrogen (secondary N) is 1. The van der Waals surface area contributed by atoms with Gasteiger partial charge in [0, 0.05) is 19.0 Å². The quantitative estimate of drug-likeness (QED) is 0.644. The molecule has 0 fully saturated rings. The minimum atomic E-state index is -0.960. The molecule has 0 radical (unpaired) electrons. The number of carboxylic acid groups (broad SMARTS) is 1. The van der Waals surface area contributed by atoms with Crippen LogP contribution in [0.4, 0.5) is 0 Å². The second-order valence-electron chi connectivity index (χ2n) is 3.87. The summed E-state index contributed by atoms with van der Waals surface area (Å²) in [5.41, 5.74) is 0. The fourth-order valence-corrected chi connectivity index (χ4v) is 1.54. The molecule has 1 unspecified atom stereocenters. The Bertz CT molecular complexity index is 231. The Morgan fingerprint density at radius 3 is 2.44 bits per heavy atom. The number of rotatable bonds is 8. The Morgan fingerprint density at radius 1 is 1.38 bits per heavy atom. The highest BCUT2D eigenvalue weighted by molar-refractivity contribution is 5.81. The lowest BCUT2D eigenvalue weighted by molar-refractivity contribution is -0.144. The minimum absolute atomic E-state index is 0.0886. The van der Waals surface area contributed by atoms with Gasteiger partial charge in [-0.25, -0.2) is 0 Å². The molecule has 5 nitrogen and oxygen atoms in total. The maximum atomic E-state index is 11.8. The average molecular weight is 230 g/mol. The highest BCUT2D eigenvalue weighted by Crippen LogP contribution is 2.00. The first kappa shape index (κ1) is 14.9. The third-order valence-electron chi connectivity index (χ3n) is 2.21. The molecular formula is C11H22N2O3. The van der Waals surface area contributed by atoms with Gasteiger partial charge < -0.3 is 15.3 Å². The maximum Gasteiger partial charge on any atom is 0.323 e. The number of carbonyl (C=O) groups excluding carboxylic acids is 1. The first-order valence-corrected chi connectivity index (χ1v) is 5.74. The lowest BCUT2D eigenvalue weighted by Gasteiger charge is -2.22. The van der Waals surface area contributed by atoms with Crippen molar-refractivity contribution in [2.24, 2.45) is 0 Å². The van der Waals surface area contributed by atoms with Crippen molar-refractivity contribution in [1.29, 1.82) is 0 Å². The molecule has 2 N–H and O–H groups in total. The van der Waals surface area contributed by atoms with Gasteiger partial charge in [-0.15, -0.1) is 0 Å². The van der Waals surface area contributed by atoms with Gasteiger partial charge in [0.05, 0.1) is 0 Å². The number of aliphatic carboxylic acids is 1. The number of hydrogen-bond donors (Lipinski definition) is 2. The van der Waals surface area contributed by atoms with E-state index in [1.54, 1.807) is 0 Å². The molecule has 0 heterocycles. The van der Waals surface area contributed by atoms with Gasteiger partial charge in [-0.3, -0.25) is 9.59 Å². The van der Waals surface area contributed by atoms with Crippen molar-refractivity contribution in [3.63, 3.8) is 0 Å². The standard InChI is InChI=1S/C11H22N2O3/c1-4-6-13(8-11(15)16)10(14)7-9(3)12-5-2/h9,12H,4-8H2,1-3H3,(H,15,16). The van der Waals surface area contributed by atoms with Crippen LogP contribution < -0.4 is 5.32 Å². The fraction of sp³-hybridized carbons (Fsp3) is 0.818. The number of hydrogen-bond acceptors (Lipinski definition) is 3. The SMILES string of the molecule is CCCN(CC(=O)O)C(=O)CC(C)NCC. The van der Waals surface area contributed by atoms with Crippen LogP contribution in [0.2, 0.25) is 0 Å². The fourth-order valence-electron chi connectivity index (χ4n) is 1.54. The molecule has 0 aliphatic heterocycles. The van der Waals surface area contributed by atoms with Gasteiger partial charge in [0.2, 0.25) is 5.91 Å². The van der Waals surface area contributed by atoms with E-state index in [1.165, 1.54) is 4.90 Å². The van der Waals surface area contributed by atoms with Gasteiger partial charge in [0.25, 0.3) is 0 Å². The normalized spacial score (nSPS) is 12.2. The lowest BCUT2D eigenvalue weighted by atomic mass is 10.2. The topological polar surface area (TPSA) is 69.6 Å². The largest absolute Gasteiger partial charge is 0.480 e. The maximum absolute atomic E-state index is 11.8. The molecule has 0 aromatic heterocycles. The van der Waals surface area contributed by atoms with Crippen molar-refractivity contribution in [1.82, 2.24) is 10.2 Å². The van der Waals surface area contributed by atoms with Gasteiger partial charge in [-0.1, -0.05) is 13.8 Å². The summed E-state index contributed by atoms with van der Waals surface area (Å²) >= 11 is 0. The number of amides is 1. The van der Waals surface area contributed by atoms with Gasteiger partial charge in [0.15, 0.2) is 0 Å². The highest BCUT2D eigenvalue weighted by atomic mass is 16.4. The Balaban J connectivity index is 4.20. The predicted octanol–water partition coefficient (Wildman–Crippen LogP) is 0.698. The summed E-state index contributed by atoms with van der Waals surface area (Å²) in [6.07, 6.45) is 1.12. The Kier molecular flexibility index (Phi) is 7.54. The van der Waals surface area contributed by atoms with Crippen LogP contribution in [0.25, 0.3) is 0 Å². The van der Waals surface area contributed by atoms with Crippen molar-refractivity contribution in [2.45, 2.75) is 39.7 Å². The molecule has 16 heavy (non-hydrogen) atoms. The number of carbonyl (C=O) groups is 2. The van der Waals surface area contributed by atoms with Crippen molar-refractivity contribution in [2.75, 3.05) is 19.6 Å². The molecular weight excluding hydrogens is 208 g/mol. The van der Waals surface area contributed by atoms with E-state index < -0.39 is 5.97 Å². The van der Waals surface area contributed by atoms with Gasteiger partial charge in [-0.05, 0) is 19.9 Å². The van der Waals surface area contributed by atoms with E-state index in [9.17, 15) is 9.59 Å². The second kappa shape index (κ2) is 8.10. The van der Waals surface area contributed by atoms with E-state index in [0.29, 0.717) is 13.0 Å². The van der Waals surface area contributed by atoms with E-state index in [4.69, 9.17) is 5.11 Å². The molecule has 0 aliphatic carbocycles. The van der Waals surface area contributed by atoms with E-state index in [1.807, 2.05) is 20.8 Å². The number of carboxylic acids is 1. The van der Waals surface area contributed by atoms with E-state index in [-0.39, 0.29) is 18.5 Å². The Hall–Kier alpha value is -1.10. The molecule has 0 saturated carbocycles. The summed E-state index contributed by atoms with van der Waals surface area (Å²) in [4.78, 5) is 23.8. The lowest BCUT2D eigenvalue weighted by Crippen LogP contribution is -2.40. The molecule has 0 saturated heterocycles. The monoisotopic (exact) mass is 230 g/mol. The average Bonchev–Trinajstić information content (AvgIpc) is 2.16. The Labute approximate surface area is 96.8 Å². The molecule has 1 atom stereocenters. The van der Waals surface area contributed by atoms with E-state index in [0.717, 1.165) is 13.0 Å². The van der Waals surface area contributed by atoms with Crippen LogP contribution in [0.1, 0.15) is 33.6 Å². The summed E-state index contributed by atoms with van der Waals surface area (Å²) in [5.74, 6) is -1.06. The summed E-state index contributed by atoms with van der Waals surface area (Å²) in [6.45, 7) is 6.93. The van der Waals surface area contributed by atoms with Crippen LogP contribution in [-0.4, -0.2) is 47.6 Å². The third-order valence-corrected chi connectivity index (χ3v) is 2.21. The summed E-state index contributed by atoms with van der Waals surface area (Å²) < 4.78 is 0. The third kappa shape index (κ3) is 6.40. The molecule has 0 rings (SSSR count). The van der Waals surface area contributed by atoms with Crippen LogP contribution in [0.15, 0.2) is 0 Å². The molecule has 5 heteroatoms. The van der Waals surface area contributed by atoms with Crippen molar-refractivity contribution in [3.8, 4) is 0 Å². The molecule has 0 aromatic rings. The minimum Gasteiger partial charge on any atom is -0.480 e. The molecule has 94 valence electrons. The molecule has 0 aromatic carbocycles. The van der Waals surface area contributed by atoms with Gasteiger partial charge >= 0.3 is 5.97 Å². The first-order chi connectivity index (χ1) is 7.51. The molecule has 0 aliphatic rings. The summed E-state index contributed by atoms with van der Waals surface area (Å²) in [6, 6.07) is 0.0886. The van der Waals surface area contributed by atoms with Crippen molar-refractivity contribution < 1.29 is 14.7 Å². The van der Waals surface area contributed by atoms with Crippen LogP contribution in [0.5, 0.6) is 0 Å². The summed E-state index contributed by atoms with van der Waals surface area (Å²) in [5, 5.41) is 11.8. The van der Waals surface area contributed by atoms with Gasteiger partial charge in [-0.2, -0.15) is 0 Å². The zero-order valence-electron chi connectivity index (χ0n) is 10.3. The van der Waals surface area contributed by atoms with Crippen LogP contribution >= 0.6 is 0 Å². The Morgan fingerprint density at radius 2 is 2.00 bits per heavy atom. The molecule has 0 spiro atoms. The van der Waals surface area contributed by atoms with Crippen molar-refractivity contribution in [3.05, 3.63) is 0 Å². The summed E-state index contributed by atoms with van der Waals surface area (Å²) in [7, 11) is 0. The van der Waals surface area contributed by atoms with E-state index in [2.05, 4.69) is 5.32 Å². The van der Waals surface area contributed by atoms with Crippen LogP contribution in [0, 0.1) is 0 Å². The van der Waals surface area contributed by atoms with Crippen molar-refractivity contribution >= 4 is 11.9 Å². The zero-order valence-corrected chi connectivity index (χ0v) is 10.3. The van der Waals surface area contributed by atoms with Crippen LogP contribution in [0.3, 0.4) is 0 Å². The molecule has 1 amide bonds. The van der Waals surface area contributed by atoms with Crippen LogP contribution in [-0.2, 0) is 9.59 Å². The second-order valence-corrected chi connectivity index (χ2v) is 3.87. The predicted molar refractivity (Wildman–Crippen MR) is 62.3 cm³/mol. The first-order valence-electron chi connectivity index (χ1n) is 5.74. The molecule has 0 bridgehead atoms.